The molecule has 0 bridgehead atoms. The third-order valence-electron chi connectivity index (χ3n) is 18.6. The number of anilines is 8. The highest BCUT2D eigenvalue weighted by atomic mass is 16.3. The normalized spacial score (nSPS) is 15.4. The summed E-state index contributed by atoms with van der Waals surface area (Å²) >= 11 is 0. The molecule has 5 nitrogen and oxygen atoms in total. The van der Waals surface area contributed by atoms with E-state index in [-0.39, 0.29) is 27.1 Å². The molecule has 4 heterocycles. The van der Waals surface area contributed by atoms with Crippen LogP contribution in [0.15, 0.2) is 197 Å². The Morgan fingerprint density at radius 1 is 0.451 bits per heavy atom. The maximum Gasteiger partial charge on any atom is 0.376 e. The van der Waals surface area contributed by atoms with E-state index in [1.807, 2.05) is 0 Å². The maximum absolute atomic E-state index is 7.57. The van der Waals surface area contributed by atoms with Gasteiger partial charge in [0.15, 0.2) is 0 Å². The van der Waals surface area contributed by atoms with Gasteiger partial charge in [0.2, 0.25) is 0 Å². The monoisotopic (exact) mass is 1070 g/mol. The molecule has 0 fully saturated rings. The predicted octanol–water partition coefficient (Wildman–Crippen LogP) is 20.4. The molecule has 14 rings (SSSR count). The van der Waals surface area contributed by atoms with E-state index in [2.05, 4.69) is 293 Å². The summed E-state index contributed by atoms with van der Waals surface area (Å²) in [5, 5.41) is 3.23. The van der Waals surface area contributed by atoms with E-state index in [4.69, 9.17) is 8.83 Å². The van der Waals surface area contributed by atoms with Crippen molar-refractivity contribution in [2.45, 2.75) is 130 Å². The van der Waals surface area contributed by atoms with Crippen LogP contribution in [0, 0.1) is 0 Å². The zero-order chi connectivity index (χ0) is 57.0. The van der Waals surface area contributed by atoms with Crippen molar-refractivity contribution in [3.05, 3.63) is 216 Å². The summed E-state index contributed by atoms with van der Waals surface area (Å²) in [5.74, 6) is 0. The van der Waals surface area contributed by atoms with E-state index in [9.17, 15) is 0 Å². The Balaban J connectivity index is 1.13. The molecule has 2 aliphatic heterocycles. The van der Waals surface area contributed by atoms with Gasteiger partial charge in [0.05, 0.1) is 11.4 Å². The Morgan fingerprint density at radius 3 is 1.76 bits per heavy atom. The standard InChI is InChI=1S/C76H74BN3O2/c1-72(2,3)48-30-33-51(34-31-48)78(52-25-21-24-49(42-52)73(4,5)6)53-36-39-63-59(44-53)67-68-64(46-58-55-26-17-19-28-65(55)81-70(58)67)79(62-38-32-50(74(7,8)9)43-57(62)47-22-15-14-16-23-47)69-56-27-18-20-29-66(56)82-71(69)77(68)80(63)54-35-37-60-61(45-54)76(12,13)41-40-75(60,10)11/h14-39,42-46H,40-41H2,1-13H3. The summed E-state index contributed by atoms with van der Waals surface area (Å²) in [7, 11) is 0. The van der Waals surface area contributed by atoms with Gasteiger partial charge in [-0.3, -0.25) is 0 Å². The third kappa shape index (κ3) is 8.17. The maximum atomic E-state index is 7.57. The molecule has 0 N–H and O–H groups in total. The zero-order valence-electron chi connectivity index (χ0n) is 50.0. The number of nitrogens with zero attached hydrogens (tertiary/aromatic N) is 3. The van der Waals surface area contributed by atoms with Crippen LogP contribution in [0.3, 0.4) is 0 Å². The van der Waals surface area contributed by atoms with Gasteiger partial charge in [-0.2, -0.15) is 0 Å². The van der Waals surface area contributed by atoms with Crippen molar-refractivity contribution < 1.29 is 8.83 Å². The molecule has 11 aromatic rings. The van der Waals surface area contributed by atoms with Gasteiger partial charge in [0.25, 0.3) is 0 Å². The molecule has 2 aromatic heterocycles. The van der Waals surface area contributed by atoms with Gasteiger partial charge in [-0.15, -0.1) is 0 Å². The van der Waals surface area contributed by atoms with Gasteiger partial charge in [-0.25, -0.2) is 0 Å². The highest BCUT2D eigenvalue weighted by molar-refractivity contribution is 6.93. The molecule has 0 unspecified atom stereocenters. The van der Waals surface area contributed by atoms with Crippen molar-refractivity contribution in [3.63, 3.8) is 0 Å². The number of rotatable bonds is 6. The fourth-order valence-corrected chi connectivity index (χ4v) is 13.7. The quantitative estimate of drug-likeness (QED) is 0.155. The minimum absolute atomic E-state index is 0.00256. The molecule has 0 atom stereocenters. The molecule has 408 valence electrons. The van der Waals surface area contributed by atoms with Crippen LogP contribution < -0.4 is 25.7 Å². The summed E-state index contributed by atoms with van der Waals surface area (Å²) < 4.78 is 14.9. The van der Waals surface area contributed by atoms with Gasteiger partial charge in [0, 0.05) is 67.0 Å². The summed E-state index contributed by atoms with van der Waals surface area (Å²) in [6.07, 6.45) is 2.25. The second-order valence-corrected chi connectivity index (χ2v) is 28.1. The fraction of sp³-hybridized carbons (Fsp3) is 0.263. The first-order valence-corrected chi connectivity index (χ1v) is 29.6. The highest BCUT2D eigenvalue weighted by Gasteiger charge is 2.51. The molecule has 0 spiro atoms. The topological polar surface area (TPSA) is 36.0 Å². The summed E-state index contributed by atoms with van der Waals surface area (Å²) in [4.78, 5) is 7.64. The highest BCUT2D eigenvalue weighted by Crippen LogP contribution is 2.56. The van der Waals surface area contributed by atoms with E-state index in [1.54, 1.807) is 0 Å². The van der Waals surface area contributed by atoms with Gasteiger partial charge < -0.3 is 23.4 Å². The first-order valence-electron chi connectivity index (χ1n) is 29.6. The average Bonchev–Trinajstić information content (AvgIpc) is 1.44. The van der Waals surface area contributed by atoms with E-state index in [1.165, 1.54) is 27.8 Å². The molecule has 0 saturated heterocycles. The Hall–Kier alpha value is -8.22. The number of fused-ring (bicyclic) bond motifs is 11. The van der Waals surface area contributed by atoms with Crippen LogP contribution in [0.5, 0.6) is 0 Å². The molecule has 0 saturated carbocycles. The van der Waals surface area contributed by atoms with Crippen LogP contribution >= 0.6 is 0 Å². The molecule has 3 aliphatic rings. The van der Waals surface area contributed by atoms with E-state index in [0.29, 0.717) is 0 Å². The summed E-state index contributed by atoms with van der Waals surface area (Å²) in [6, 6.07) is 70.7. The van der Waals surface area contributed by atoms with Crippen molar-refractivity contribution in [2.24, 2.45) is 0 Å². The van der Waals surface area contributed by atoms with Crippen molar-refractivity contribution >= 4 is 96.4 Å². The van der Waals surface area contributed by atoms with Gasteiger partial charge in [0.1, 0.15) is 22.4 Å². The van der Waals surface area contributed by atoms with Crippen LogP contribution in [0.2, 0.25) is 0 Å². The largest absolute Gasteiger partial charge is 0.466 e. The number of para-hydroxylation sites is 2. The number of furan rings is 2. The Labute approximate surface area is 485 Å². The van der Waals surface area contributed by atoms with Crippen molar-refractivity contribution in [3.8, 4) is 22.3 Å². The Bertz CT molecular complexity index is 4370. The lowest BCUT2D eigenvalue weighted by molar-refractivity contribution is 0.332. The van der Waals surface area contributed by atoms with Crippen LogP contribution in [0.25, 0.3) is 55.2 Å². The minimum atomic E-state index is -0.393. The molecule has 0 radical (unpaired) electrons. The van der Waals surface area contributed by atoms with Crippen molar-refractivity contribution in [2.75, 3.05) is 14.6 Å². The van der Waals surface area contributed by atoms with Gasteiger partial charge in [-0.1, -0.05) is 187 Å². The van der Waals surface area contributed by atoms with Gasteiger partial charge in [-0.05, 0) is 170 Å². The lowest BCUT2D eigenvalue weighted by atomic mass is 9.45. The molecule has 9 aromatic carbocycles. The SMILES string of the molecule is CC(C)(C)c1ccc(N(c2cccc(C(C)(C)C)c2)c2ccc3c(c2)-c2c4c(cc5c2oc2ccccc25)N(c2ccc(C(C)(C)C)cc2-c2ccccc2)c2c(oc5ccccc25)B4N3c2ccc3c(c2)C(C)(C)CCC3(C)C)cc1. The third-order valence-corrected chi connectivity index (χ3v) is 18.6. The molecule has 82 heavy (non-hydrogen) atoms. The molecule has 1 aliphatic carbocycles. The number of benzene rings is 9. The van der Waals surface area contributed by atoms with Crippen LogP contribution in [0.4, 0.5) is 45.5 Å². The zero-order valence-corrected chi connectivity index (χ0v) is 50.0. The number of hydrogen-bond acceptors (Lipinski definition) is 5. The first kappa shape index (κ1) is 51.9. The van der Waals surface area contributed by atoms with Crippen LogP contribution in [0.1, 0.15) is 131 Å². The van der Waals surface area contributed by atoms with E-state index >= 15 is 0 Å². The lowest BCUT2D eigenvalue weighted by Crippen LogP contribution is -2.61. The first-order chi connectivity index (χ1) is 39.0. The molecular weight excluding hydrogens is 998 g/mol. The Morgan fingerprint density at radius 2 is 1.05 bits per heavy atom. The van der Waals surface area contributed by atoms with E-state index < -0.39 is 6.85 Å². The van der Waals surface area contributed by atoms with E-state index in [0.717, 1.165) is 125 Å². The predicted molar refractivity (Wildman–Crippen MR) is 349 cm³/mol. The Kier molecular flexibility index (Phi) is 11.5. The lowest BCUT2D eigenvalue weighted by Gasteiger charge is -2.46. The average molecular weight is 1070 g/mol. The van der Waals surface area contributed by atoms with Gasteiger partial charge >= 0.3 is 6.85 Å². The smallest absolute Gasteiger partial charge is 0.376 e. The minimum Gasteiger partial charge on any atom is -0.466 e. The molecule has 0 amide bonds. The van der Waals surface area contributed by atoms with Crippen LogP contribution in [-0.2, 0) is 27.1 Å². The summed E-state index contributed by atoms with van der Waals surface area (Å²) in [5.41, 5.74) is 24.4. The van der Waals surface area contributed by atoms with Crippen molar-refractivity contribution in [1.82, 2.24) is 0 Å². The number of hydrogen-bond donors (Lipinski definition) is 0. The second kappa shape index (κ2) is 18.1. The molecular formula is C76H74BN3O2. The van der Waals surface area contributed by atoms with Crippen LogP contribution in [-0.4, -0.2) is 6.85 Å². The molecule has 6 heteroatoms. The fourth-order valence-electron chi connectivity index (χ4n) is 13.7. The summed E-state index contributed by atoms with van der Waals surface area (Å²) in [6.45, 7) is 30.0. The van der Waals surface area contributed by atoms with Crippen molar-refractivity contribution in [1.29, 1.82) is 0 Å². The second-order valence-electron chi connectivity index (χ2n) is 28.1.